The van der Waals surface area contributed by atoms with E-state index >= 15 is 0 Å². The average molecular weight is 378 g/mol. The maximum Gasteiger partial charge on any atom is 0.337 e. The number of benzene rings is 2. The summed E-state index contributed by atoms with van der Waals surface area (Å²) in [6, 6.07) is 15.5. The van der Waals surface area contributed by atoms with E-state index in [9.17, 15) is 14.4 Å². The molecule has 0 unspecified atom stereocenters. The van der Waals surface area contributed by atoms with Crippen LogP contribution in [0.15, 0.2) is 54.6 Å². The van der Waals surface area contributed by atoms with Crippen LogP contribution >= 0.6 is 0 Å². The van der Waals surface area contributed by atoms with Crippen molar-refractivity contribution in [3.05, 3.63) is 71.4 Å². The van der Waals surface area contributed by atoms with Crippen molar-refractivity contribution in [3.8, 4) is 0 Å². The Morgan fingerprint density at radius 3 is 2.57 bits per heavy atom. The van der Waals surface area contributed by atoms with Gasteiger partial charge in [-0.25, -0.2) is 9.78 Å². The van der Waals surface area contributed by atoms with Crippen LogP contribution in [0.3, 0.4) is 0 Å². The molecule has 0 spiro atoms. The number of hydrogen-bond donors (Lipinski definition) is 1. The van der Waals surface area contributed by atoms with Crippen molar-refractivity contribution >= 4 is 34.4 Å². The number of amides is 1. The van der Waals surface area contributed by atoms with Gasteiger partial charge in [0.05, 0.1) is 18.2 Å². The van der Waals surface area contributed by atoms with Gasteiger partial charge < -0.3 is 14.8 Å². The van der Waals surface area contributed by atoms with Gasteiger partial charge in [-0.2, -0.15) is 0 Å². The number of pyridine rings is 1. The van der Waals surface area contributed by atoms with Crippen LogP contribution in [-0.4, -0.2) is 29.9 Å². The van der Waals surface area contributed by atoms with Crippen molar-refractivity contribution in [1.29, 1.82) is 0 Å². The Bertz CT molecular complexity index is 1060. The molecule has 1 amide bonds. The lowest BCUT2D eigenvalue weighted by Crippen LogP contribution is -2.16. The summed E-state index contributed by atoms with van der Waals surface area (Å²) < 4.78 is 9.73. The van der Waals surface area contributed by atoms with Gasteiger partial charge in [-0.15, -0.1) is 0 Å². The lowest BCUT2D eigenvalue weighted by molar-refractivity contribution is -0.142. The van der Waals surface area contributed by atoms with Crippen molar-refractivity contribution in [2.24, 2.45) is 0 Å². The number of carbonyl (C=O) groups is 3. The minimum atomic E-state index is -0.529. The molecule has 7 heteroatoms. The molecule has 0 aliphatic carbocycles. The molecule has 0 aliphatic rings. The third-order valence-electron chi connectivity index (χ3n) is 4.04. The number of esters is 2. The second-order valence-corrected chi connectivity index (χ2v) is 5.99. The maximum absolute atomic E-state index is 12.7. The number of para-hydroxylation sites is 1. The van der Waals surface area contributed by atoms with Crippen LogP contribution in [0.5, 0.6) is 0 Å². The number of rotatable bonds is 5. The fourth-order valence-corrected chi connectivity index (χ4v) is 2.64. The standard InChI is InChI=1S/C21H18N2O5/c1-13(24)28-12-16-11-15(21(26)27-2)8-9-18(16)23-20(25)19-10-7-14-5-3-4-6-17(14)22-19/h3-11H,12H2,1-2H3,(H,23,25). The normalized spacial score (nSPS) is 10.4. The summed E-state index contributed by atoms with van der Waals surface area (Å²) in [5.74, 6) is -1.42. The topological polar surface area (TPSA) is 94.6 Å². The molecule has 0 saturated carbocycles. The summed E-state index contributed by atoms with van der Waals surface area (Å²) in [4.78, 5) is 39.9. The molecule has 2 aromatic carbocycles. The number of ether oxygens (including phenoxy) is 2. The van der Waals surface area contributed by atoms with Gasteiger partial charge in [0.25, 0.3) is 5.91 Å². The number of anilines is 1. The number of hydrogen-bond acceptors (Lipinski definition) is 6. The number of nitrogens with zero attached hydrogens (tertiary/aromatic N) is 1. The molecule has 0 aliphatic heterocycles. The van der Waals surface area contributed by atoms with E-state index < -0.39 is 17.8 Å². The van der Waals surface area contributed by atoms with Gasteiger partial charge in [-0.3, -0.25) is 9.59 Å². The van der Waals surface area contributed by atoms with E-state index in [1.807, 2.05) is 30.3 Å². The molecule has 1 aromatic heterocycles. The SMILES string of the molecule is COC(=O)c1ccc(NC(=O)c2ccc3ccccc3n2)c(COC(C)=O)c1. The molecule has 0 atom stereocenters. The molecule has 3 aromatic rings. The van der Waals surface area contributed by atoms with Crippen LogP contribution in [0, 0.1) is 0 Å². The summed E-state index contributed by atoms with van der Waals surface area (Å²) in [6.45, 7) is 1.18. The monoisotopic (exact) mass is 378 g/mol. The minimum Gasteiger partial charge on any atom is -0.465 e. The van der Waals surface area contributed by atoms with Crippen LogP contribution in [0.25, 0.3) is 10.9 Å². The molecule has 142 valence electrons. The van der Waals surface area contributed by atoms with E-state index in [-0.39, 0.29) is 17.9 Å². The molecule has 28 heavy (non-hydrogen) atoms. The largest absolute Gasteiger partial charge is 0.465 e. The van der Waals surface area contributed by atoms with Gasteiger partial charge in [0.15, 0.2) is 0 Å². The second-order valence-electron chi connectivity index (χ2n) is 5.99. The smallest absolute Gasteiger partial charge is 0.337 e. The second kappa shape index (κ2) is 8.30. The van der Waals surface area contributed by atoms with Gasteiger partial charge in [0.2, 0.25) is 0 Å². The Hall–Kier alpha value is -3.74. The highest BCUT2D eigenvalue weighted by Crippen LogP contribution is 2.21. The first-order valence-corrected chi connectivity index (χ1v) is 8.49. The predicted molar refractivity (Wildman–Crippen MR) is 103 cm³/mol. The molecular weight excluding hydrogens is 360 g/mol. The third-order valence-corrected chi connectivity index (χ3v) is 4.04. The van der Waals surface area contributed by atoms with Crippen molar-refractivity contribution in [2.45, 2.75) is 13.5 Å². The number of nitrogens with one attached hydrogen (secondary N) is 1. The number of methoxy groups -OCH3 is 1. The van der Waals surface area contributed by atoms with Gasteiger partial charge >= 0.3 is 11.9 Å². The van der Waals surface area contributed by atoms with Gasteiger partial charge in [0, 0.05) is 23.6 Å². The Labute approximate surface area is 161 Å². The van der Waals surface area contributed by atoms with Gasteiger partial charge in [0.1, 0.15) is 12.3 Å². The minimum absolute atomic E-state index is 0.0963. The van der Waals surface area contributed by atoms with Crippen LogP contribution in [-0.2, 0) is 20.9 Å². The first-order valence-electron chi connectivity index (χ1n) is 8.49. The molecular formula is C21H18N2O5. The molecule has 0 radical (unpaired) electrons. The third kappa shape index (κ3) is 4.32. The Morgan fingerprint density at radius 2 is 1.82 bits per heavy atom. The Balaban J connectivity index is 1.88. The molecule has 1 heterocycles. The van der Waals surface area contributed by atoms with E-state index in [2.05, 4.69) is 10.3 Å². The summed E-state index contributed by atoms with van der Waals surface area (Å²) in [5, 5.41) is 3.68. The highest BCUT2D eigenvalue weighted by molar-refractivity contribution is 6.04. The molecule has 3 rings (SSSR count). The highest BCUT2D eigenvalue weighted by atomic mass is 16.5. The van der Waals surface area contributed by atoms with Crippen molar-refractivity contribution in [1.82, 2.24) is 4.98 Å². The van der Waals surface area contributed by atoms with Crippen LogP contribution < -0.4 is 5.32 Å². The summed E-state index contributed by atoms with van der Waals surface area (Å²) in [6.07, 6.45) is 0. The molecule has 7 nitrogen and oxygen atoms in total. The molecule has 0 fully saturated rings. The van der Waals surface area contributed by atoms with Gasteiger partial charge in [-0.05, 0) is 30.3 Å². The Kier molecular flexibility index (Phi) is 5.64. The van der Waals surface area contributed by atoms with Gasteiger partial charge in [-0.1, -0.05) is 24.3 Å². The van der Waals surface area contributed by atoms with Crippen LogP contribution in [0.2, 0.25) is 0 Å². The predicted octanol–water partition coefficient (Wildman–Crippen LogP) is 3.34. The summed E-state index contributed by atoms with van der Waals surface area (Å²) in [5.41, 5.74) is 2.11. The highest BCUT2D eigenvalue weighted by Gasteiger charge is 2.15. The zero-order valence-corrected chi connectivity index (χ0v) is 15.4. The fourth-order valence-electron chi connectivity index (χ4n) is 2.64. The lowest BCUT2D eigenvalue weighted by atomic mass is 10.1. The van der Waals surface area contributed by atoms with E-state index in [1.165, 1.54) is 26.2 Å². The Morgan fingerprint density at radius 1 is 1.04 bits per heavy atom. The quantitative estimate of drug-likeness (QED) is 0.684. The summed E-state index contributed by atoms with van der Waals surface area (Å²) in [7, 11) is 1.27. The van der Waals surface area contributed by atoms with Crippen LogP contribution in [0.4, 0.5) is 5.69 Å². The van der Waals surface area contributed by atoms with Crippen LogP contribution in [0.1, 0.15) is 33.3 Å². The van der Waals surface area contributed by atoms with Crippen molar-refractivity contribution in [2.75, 3.05) is 12.4 Å². The fraction of sp³-hybridized carbons (Fsp3) is 0.143. The maximum atomic E-state index is 12.7. The average Bonchev–Trinajstić information content (AvgIpc) is 2.71. The number of fused-ring (bicyclic) bond motifs is 1. The summed E-state index contributed by atoms with van der Waals surface area (Å²) >= 11 is 0. The molecule has 0 saturated heterocycles. The van der Waals surface area contributed by atoms with E-state index in [0.29, 0.717) is 16.8 Å². The molecule has 1 N–H and O–H groups in total. The zero-order chi connectivity index (χ0) is 20.1. The van der Waals surface area contributed by atoms with E-state index in [4.69, 9.17) is 9.47 Å². The molecule has 0 bridgehead atoms. The first-order chi connectivity index (χ1) is 13.5. The van der Waals surface area contributed by atoms with E-state index in [0.717, 1.165) is 5.39 Å². The first kappa shape index (κ1) is 19.0. The number of aromatic nitrogens is 1. The lowest BCUT2D eigenvalue weighted by Gasteiger charge is -2.13. The van der Waals surface area contributed by atoms with E-state index in [1.54, 1.807) is 12.1 Å². The zero-order valence-electron chi connectivity index (χ0n) is 15.4. The van der Waals surface area contributed by atoms with Crippen molar-refractivity contribution < 1.29 is 23.9 Å². The number of carbonyl (C=O) groups excluding carboxylic acids is 3. The van der Waals surface area contributed by atoms with Crippen molar-refractivity contribution in [3.63, 3.8) is 0 Å².